The lowest BCUT2D eigenvalue weighted by Gasteiger charge is -2.34. The van der Waals surface area contributed by atoms with Crippen molar-refractivity contribution in [1.29, 1.82) is 0 Å². The van der Waals surface area contributed by atoms with E-state index in [1.165, 1.54) is 21.9 Å². The lowest BCUT2D eigenvalue weighted by atomic mass is 10.3. The van der Waals surface area contributed by atoms with Crippen LogP contribution in [0, 0.1) is 0 Å². The Morgan fingerprint density at radius 2 is 1.77 bits per heavy atom. The molecule has 22 heavy (non-hydrogen) atoms. The summed E-state index contributed by atoms with van der Waals surface area (Å²) < 4.78 is 41.1. The van der Waals surface area contributed by atoms with Crippen molar-refractivity contribution in [3.05, 3.63) is 23.1 Å². The van der Waals surface area contributed by atoms with Crippen molar-refractivity contribution in [2.45, 2.75) is 6.18 Å². The van der Waals surface area contributed by atoms with Crippen molar-refractivity contribution in [3.8, 4) is 0 Å². The molecule has 0 unspecified atom stereocenters. The number of hydrogen-bond acceptors (Lipinski definition) is 3. The molecule has 1 saturated heterocycles. The van der Waals surface area contributed by atoms with Gasteiger partial charge in [-0.25, -0.2) is 4.79 Å². The zero-order valence-electron chi connectivity index (χ0n) is 11.3. The second kappa shape index (κ2) is 6.47. The first-order valence-electron chi connectivity index (χ1n) is 6.40. The largest absolute Gasteiger partial charge is 0.440 e. The number of amides is 3. The van der Waals surface area contributed by atoms with Gasteiger partial charge in [0.05, 0.1) is 0 Å². The van der Waals surface area contributed by atoms with Crippen LogP contribution in [0.3, 0.4) is 0 Å². The van der Waals surface area contributed by atoms with Crippen LogP contribution in [0.5, 0.6) is 0 Å². The topological polar surface area (TPSA) is 65.8 Å². The first-order chi connectivity index (χ1) is 10.3. The monoisotopic (exact) mass is 339 g/mol. The summed E-state index contributed by atoms with van der Waals surface area (Å²) in [5.41, 5.74) is 0. The van der Waals surface area contributed by atoms with Gasteiger partial charge in [-0.05, 0) is 23.7 Å². The molecule has 1 aromatic heterocycles. The van der Waals surface area contributed by atoms with E-state index in [0.29, 0.717) is 0 Å². The van der Waals surface area contributed by atoms with Crippen molar-refractivity contribution in [2.75, 3.05) is 32.7 Å². The zero-order valence-corrected chi connectivity index (χ0v) is 12.1. The maximum absolute atomic E-state index is 12.1. The molecule has 6 nitrogen and oxygen atoms in total. The molecule has 2 rings (SSSR count). The number of hydrogen-bond donors (Lipinski definition) is 1. The van der Waals surface area contributed by atoms with Gasteiger partial charge in [-0.2, -0.15) is 13.2 Å². The molecule has 1 aromatic rings. The van der Waals surface area contributed by atoms with Crippen LogP contribution in [0.2, 0.25) is 5.22 Å². The minimum atomic E-state index is -4.45. The van der Waals surface area contributed by atoms with Crippen LogP contribution in [0.4, 0.5) is 18.0 Å². The molecule has 1 N–H and O–H groups in total. The Morgan fingerprint density at radius 1 is 1.18 bits per heavy atom. The van der Waals surface area contributed by atoms with Crippen LogP contribution in [0.1, 0.15) is 10.6 Å². The molecule has 2 heterocycles. The van der Waals surface area contributed by atoms with E-state index >= 15 is 0 Å². The molecule has 0 spiro atoms. The maximum Gasteiger partial charge on any atom is 0.405 e. The number of carbonyl (C=O) groups excluding carboxylic acids is 2. The second-order valence-corrected chi connectivity index (χ2v) is 5.03. The van der Waals surface area contributed by atoms with Gasteiger partial charge in [-0.15, -0.1) is 0 Å². The van der Waals surface area contributed by atoms with Crippen molar-refractivity contribution in [3.63, 3.8) is 0 Å². The number of alkyl halides is 3. The predicted octanol–water partition coefficient (Wildman–Crippen LogP) is 1.96. The molecular formula is C12H13ClF3N3O3. The van der Waals surface area contributed by atoms with E-state index in [2.05, 4.69) is 0 Å². The molecule has 1 aliphatic rings. The van der Waals surface area contributed by atoms with E-state index in [4.69, 9.17) is 16.0 Å². The smallest absolute Gasteiger partial charge is 0.405 e. The number of urea groups is 1. The molecule has 1 fully saturated rings. The molecule has 0 aromatic carbocycles. The summed E-state index contributed by atoms with van der Waals surface area (Å²) in [5, 5.41) is 1.89. The van der Waals surface area contributed by atoms with E-state index in [-0.39, 0.29) is 43.1 Å². The Kier molecular flexibility index (Phi) is 4.84. The van der Waals surface area contributed by atoms with Gasteiger partial charge in [-0.3, -0.25) is 4.79 Å². The average Bonchev–Trinajstić information content (AvgIpc) is 2.90. The number of nitrogens with zero attached hydrogens (tertiary/aromatic N) is 2. The lowest BCUT2D eigenvalue weighted by molar-refractivity contribution is -0.123. The fourth-order valence-electron chi connectivity index (χ4n) is 1.99. The van der Waals surface area contributed by atoms with Crippen molar-refractivity contribution in [1.82, 2.24) is 15.1 Å². The molecule has 0 saturated carbocycles. The van der Waals surface area contributed by atoms with Gasteiger partial charge in [0.1, 0.15) is 6.54 Å². The minimum absolute atomic E-state index is 0.0833. The van der Waals surface area contributed by atoms with Crippen molar-refractivity contribution in [2.24, 2.45) is 0 Å². The molecular weight excluding hydrogens is 327 g/mol. The van der Waals surface area contributed by atoms with Crippen molar-refractivity contribution >= 4 is 23.5 Å². The minimum Gasteiger partial charge on any atom is -0.440 e. The number of nitrogens with one attached hydrogen (secondary N) is 1. The fourth-order valence-corrected chi connectivity index (χ4v) is 2.13. The number of piperazine rings is 1. The quantitative estimate of drug-likeness (QED) is 0.895. The summed E-state index contributed by atoms with van der Waals surface area (Å²) in [5.74, 6) is -0.290. The van der Waals surface area contributed by atoms with Gasteiger partial charge in [-0.1, -0.05) is 0 Å². The van der Waals surface area contributed by atoms with Gasteiger partial charge in [0, 0.05) is 26.2 Å². The van der Waals surface area contributed by atoms with Crippen LogP contribution in [0.25, 0.3) is 0 Å². The maximum atomic E-state index is 12.1. The SMILES string of the molecule is O=C(NCC(F)(F)F)N1CCN(C(=O)c2ccc(Cl)o2)CC1. The van der Waals surface area contributed by atoms with Gasteiger partial charge in [0.2, 0.25) is 0 Å². The summed E-state index contributed by atoms with van der Waals surface area (Å²) in [7, 11) is 0. The lowest BCUT2D eigenvalue weighted by Crippen LogP contribution is -2.54. The van der Waals surface area contributed by atoms with E-state index in [1.54, 1.807) is 5.32 Å². The van der Waals surface area contributed by atoms with Gasteiger partial charge >= 0.3 is 12.2 Å². The number of furan rings is 1. The molecule has 10 heteroatoms. The summed E-state index contributed by atoms with van der Waals surface area (Å²) in [6.07, 6.45) is -4.45. The highest BCUT2D eigenvalue weighted by Crippen LogP contribution is 2.16. The number of carbonyl (C=O) groups is 2. The summed E-state index contributed by atoms with van der Waals surface area (Å²) in [6.45, 7) is -0.684. The van der Waals surface area contributed by atoms with Crippen LogP contribution in [-0.4, -0.2) is 60.6 Å². The Bertz CT molecular complexity index is 553. The zero-order chi connectivity index (χ0) is 16.3. The van der Waals surface area contributed by atoms with E-state index in [1.807, 2.05) is 0 Å². The highest BCUT2D eigenvalue weighted by molar-refractivity contribution is 6.29. The molecule has 0 atom stereocenters. The fraction of sp³-hybridized carbons (Fsp3) is 0.500. The second-order valence-electron chi connectivity index (χ2n) is 4.66. The first-order valence-corrected chi connectivity index (χ1v) is 6.78. The van der Waals surface area contributed by atoms with Gasteiger partial charge in [0.25, 0.3) is 5.91 Å². The molecule has 0 aliphatic carbocycles. The highest BCUT2D eigenvalue weighted by atomic mass is 35.5. The third-order valence-electron chi connectivity index (χ3n) is 3.08. The predicted molar refractivity (Wildman–Crippen MR) is 70.6 cm³/mol. The Hall–Kier alpha value is -1.90. The van der Waals surface area contributed by atoms with E-state index < -0.39 is 18.8 Å². The normalized spacial score (nSPS) is 15.8. The van der Waals surface area contributed by atoms with Crippen molar-refractivity contribution < 1.29 is 27.2 Å². The van der Waals surface area contributed by atoms with Crippen LogP contribution in [-0.2, 0) is 0 Å². The third kappa shape index (κ3) is 4.30. The molecule has 1 aliphatic heterocycles. The first kappa shape index (κ1) is 16.5. The number of rotatable bonds is 2. The Labute approximate surface area is 128 Å². The van der Waals surface area contributed by atoms with Crippen LogP contribution < -0.4 is 5.32 Å². The summed E-state index contributed by atoms with van der Waals surface area (Å²) >= 11 is 5.59. The van der Waals surface area contributed by atoms with Gasteiger partial charge < -0.3 is 19.5 Å². The Morgan fingerprint density at radius 3 is 2.27 bits per heavy atom. The molecule has 122 valence electrons. The molecule has 0 radical (unpaired) electrons. The molecule has 0 bridgehead atoms. The van der Waals surface area contributed by atoms with Gasteiger partial charge in [0.15, 0.2) is 11.0 Å². The van der Waals surface area contributed by atoms with Crippen LogP contribution >= 0.6 is 11.6 Å². The standard InChI is InChI=1S/C12H13ClF3N3O3/c13-9-2-1-8(22-9)10(20)18-3-5-19(6-4-18)11(21)17-7-12(14,15)16/h1-2H,3-7H2,(H,17,21). The summed E-state index contributed by atoms with van der Waals surface area (Å²) in [6, 6.07) is 2.08. The van der Waals surface area contributed by atoms with E-state index in [0.717, 1.165) is 0 Å². The Balaban J connectivity index is 1.82. The third-order valence-corrected chi connectivity index (χ3v) is 3.28. The summed E-state index contributed by atoms with van der Waals surface area (Å²) in [4.78, 5) is 26.3. The number of halogens is 4. The van der Waals surface area contributed by atoms with Crippen LogP contribution in [0.15, 0.2) is 16.5 Å². The average molecular weight is 340 g/mol. The van der Waals surface area contributed by atoms with E-state index in [9.17, 15) is 22.8 Å². The molecule has 3 amide bonds. The highest BCUT2D eigenvalue weighted by Gasteiger charge is 2.30.